The summed E-state index contributed by atoms with van der Waals surface area (Å²) in [6.07, 6.45) is 2.68. The number of hydrogen-bond donors (Lipinski definition) is 1. The van der Waals surface area contributed by atoms with Crippen LogP contribution in [0.15, 0.2) is 28.7 Å². The number of benzene rings is 1. The second-order valence-corrected chi connectivity index (χ2v) is 5.94. The van der Waals surface area contributed by atoms with Gasteiger partial charge in [-0.15, -0.1) is 0 Å². The molecule has 0 unspecified atom stereocenters. The van der Waals surface area contributed by atoms with Gasteiger partial charge in [0, 0.05) is 10.9 Å². The SMILES string of the molecule is COc1cccc2cc(CNC(C)(C)C3CC3)oc12. The van der Waals surface area contributed by atoms with Crippen LogP contribution in [-0.4, -0.2) is 12.6 Å². The van der Waals surface area contributed by atoms with E-state index in [-0.39, 0.29) is 5.54 Å². The highest BCUT2D eigenvalue weighted by molar-refractivity contribution is 5.83. The van der Waals surface area contributed by atoms with E-state index in [1.807, 2.05) is 12.1 Å². The molecule has 0 bridgehead atoms. The first-order valence-electron chi connectivity index (χ1n) is 6.90. The minimum absolute atomic E-state index is 0.197. The molecular weight excluding hydrogens is 238 g/mol. The highest BCUT2D eigenvalue weighted by atomic mass is 16.5. The molecule has 1 aromatic heterocycles. The fraction of sp³-hybridized carbons (Fsp3) is 0.500. The number of methoxy groups -OCH3 is 1. The van der Waals surface area contributed by atoms with Crippen molar-refractivity contribution in [2.75, 3.05) is 7.11 Å². The lowest BCUT2D eigenvalue weighted by Gasteiger charge is -2.25. The van der Waals surface area contributed by atoms with Gasteiger partial charge in [-0.2, -0.15) is 0 Å². The molecular formula is C16H21NO2. The van der Waals surface area contributed by atoms with Crippen LogP contribution in [0.3, 0.4) is 0 Å². The van der Waals surface area contributed by atoms with Crippen LogP contribution in [0.2, 0.25) is 0 Å². The smallest absolute Gasteiger partial charge is 0.176 e. The lowest BCUT2D eigenvalue weighted by molar-refractivity contribution is 0.324. The lowest BCUT2D eigenvalue weighted by Crippen LogP contribution is -2.40. The fourth-order valence-corrected chi connectivity index (χ4v) is 2.60. The molecule has 3 heteroatoms. The van der Waals surface area contributed by atoms with E-state index in [0.29, 0.717) is 0 Å². The van der Waals surface area contributed by atoms with Crippen LogP contribution in [-0.2, 0) is 6.54 Å². The number of nitrogens with one attached hydrogen (secondary N) is 1. The largest absolute Gasteiger partial charge is 0.493 e. The maximum absolute atomic E-state index is 5.90. The summed E-state index contributed by atoms with van der Waals surface area (Å²) in [4.78, 5) is 0. The van der Waals surface area contributed by atoms with Gasteiger partial charge in [0.25, 0.3) is 0 Å². The lowest BCUT2D eigenvalue weighted by atomic mass is 9.99. The molecule has 1 saturated carbocycles. The van der Waals surface area contributed by atoms with Crippen molar-refractivity contribution >= 4 is 11.0 Å². The minimum Gasteiger partial charge on any atom is -0.493 e. The molecule has 1 aromatic carbocycles. The van der Waals surface area contributed by atoms with Crippen molar-refractivity contribution in [1.29, 1.82) is 0 Å². The molecule has 0 saturated heterocycles. The Balaban J connectivity index is 1.78. The first kappa shape index (κ1) is 12.5. The predicted molar refractivity (Wildman–Crippen MR) is 76.4 cm³/mol. The third-order valence-electron chi connectivity index (χ3n) is 4.10. The number of para-hydroxylation sites is 1. The van der Waals surface area contributed by atoms with Crippen molar-refractivity contribution in [3.05, 3.63) is 30.0 Å². The summed E-state index contributed by atoms with van der Waals surface area (Å²) in [5.41, 5.74) is 1.04. The minimum atomic E-state index is 0.197. The van der Waals surface area contributed by atoms with Crippen molar-refractivity contribution in [3.8, 4) is 5.75 Å². The molecule has 0 spiro atoms. The second kappa shape index (κ2) is 4.57. The van der Waals surface area contributed by atoms with Crippen LogP contribution >= 0.6 is 0 Å². The summed E-state index contributed by atoms with van der Waals surface area (Å²) >= 11 is 0. The van der Waals surface area contributed by atoms with Gasteiger partial charge in [-0.25, -0.2) is 0 Å². The Kier molecular flexibility index (Phi) is 3.02. The molecule has 1 heterocycles. The standard InChI is InChI=1S/C16H21NO2/c1-16(2,12-7-8-12)17-10-13-9-11-5-4-6-14(18-3)15(11)19-13/h4-6,9,12,17H,7-8,10H2,1-3H3. The van der Waals surface area contributed by atoms with Gasteiger partial charge in [0.2, 0.25) is 0 Å². The first-order valence-corrected chi connectivity index (χ1v) is 6.90. The summed E-state index contributed by atoms with van der Waals surface area (Å²) in [5, 5.41) is 4.70. The molecule has 3 nitrogen and oxygen atoms in total. The first-order chi connectivity index (χ1) is 9.10. The normalized spacial score (nSPS) is 15.9. The zero-order valence-corrected chi connectivity index (χ0v) is 11.8. The zero-order chi connectivity index (χ0) is 13.5. The summed E-state index contributed by atoms with van der Waals surface area (Å²) in [6.45, 7) is 5.31. The van der Waals surface area contributed by atoms with Crippen LogP contribution < -0.4 is 10.1 Å². The molecule has 2 aromatic rings. The monoisotopic (exact) mass is 259 g/mol. The Labute approximate surface area is 113 Å². The highest BCUT2D eigenvalue weighted by Crippen LogP contribution is 2.39. The van der Waals surface area contributed by atoms with Gasteiger partial charge in [0.05, 0.1) is 13.7 Å². The third kappa shape index (κ3) is 2.47. The number of fused-ring (bicyclic) bond motifs is 1. The van der Waals surface area contributed by atoms with Gasteiger partial charge in [0.15, 0.2) is 11.3 Å². The molecule has 1 aliphatic rings. The quantitative estimate of drug-likeness (QED) is 0.888. The number of rotatable bonds is 5. The van der Waals surface area contributed by atoms with Crippen molar-refractivity contribution in [1.82, 2.24) is 5.32 Å². The van der Waals surface area contributed by atoms with Crippen molar-refractivity contribution in [2.24, 2.45) is 5.92 Å². The van der Waals surface area contributed by atoms with Gasteiger partial charge >= 0.3 is 0 Å². The van der Waals surface area contributed by atoms with Crippen LogP contribution in [0.25, 0.3) is 11.0 Å². The molecule has 102 valence electrons. The molecule has 0 amide bonds. The predicted octanol–water partition coefficient (Wildman–Crippen LogP) is 3.72. The summed E-state index contributed by atoms with van der Waals surface area (Å²) in [6, 6.07) is 8.06. The third-order valence-corrected chi connectivity index (χ3v) is 4.10. The van der Waals surface area contributed by atoms with E-state index >= 15 is 0 Å². The number of furan rings is 1. The van der Waals surface area contributed by atoms with Crippen LogP contribution in [0.5, 0.6) is 5.75 Å². The number of ether oxygens (including phenoxy) is 1. The maximum Gasteiger partial charge on any atom is 0.176 e. The van der Waals surface area contributed by atoms with Gasteiger partial charge in [-0.1, -0.05) is 12.1 Å². The Morgan fingerprint density at radius 3 is 2.84 bits per heavy atom. The van der Waals surface area contributed by atoms with Crippen molar-refractivity contribution < 1.29 is 9.15 Å². The van der Waals surface area contributed by atoms with Gasteiger partial charge in [-0.05, 0) is 44.7 Å². The summed E-state index contributed by atoms with van der Waals surface area (Å²) < 4.78 is 11.2. The highest BCUT2D eigenvalue weighted by Gasteiger charge is 2.37. The molecule has 0 atom stereocenters. The Morgan fingerprint density at radius 2 is 2.16 bits per heavy atom. The van der Waals surface area contributed by atoms with Crippen molar-refractivity contribution in [3.63, 3.8) is 0 Å². The fourth-order valence-electron chi connectivity index (χ4n) is 2.60. The maximum atomic E-state index is 5.90. The molecule has 0 aliphatic heterocycles. The summed E-state index contributed by atoms with van der Waals surface area (Å²) in [5.74, 6) is 2.57. The van der Waals surface area contributed by atoms with E-state index in [9.17, 15) is 0 Å². The van der Waals surface area contributed by atoms with Gasteiger partial charge < -0.3 is 14.5 Å². The van der Waals surface area contributed by atoms with Gasteiger partial charge in [0.1, 0.15) is 5.76 Å². The van der Waals surface area contributed by atoms with Crippen molar-refractivity contribution in [2.45, 2.75) is 38.8 Å². The van der Waals surface area contributed by atoms with E-state index in [1.165, 1.54) is 12.8 Å². The molecule has 1 fully saturated rings. The molecule has 3 rings (SSSR count). The Bertz CT molecular complexity index is 581. The van der Waals surface area contributed by atoms with E-state index in [4.69, 9.17) is 9.15 Å². The van der Waals surface area contributed by atoms with E-state index in [1.54, 1.807) is 7.11 Å². The van der Waals surface area contributed by atoms with Crippen LogP contribution in [0.1, 0.15) is 32.4 Å². The van der Waals surface area contributed by atoms with E-state index < -0.39 is 0 Å². The zero-order valence-electron chi connectivity index (χ0n) is 11.8. The van der Waals surface area contributed by atoms with Gasteiger partial charge in [-0.3, -0.25) is 0 Å². The molecule has 0 radical (unpaired) electrons. The topological polar surface area (TPSA) is 34.4 Å². The average Bonchev–Trinajstić information content (AvgIpc) is 3.16. The molecule has 1 aliphatic carbocycles. The number of hydrogen-bond acceptors (Lipinski definition) is 3. The molecule has 1 N–H and O–H groups in total. The van der Waals surface area contributed by atoms with E-state index in [0.717, 1.165) is 34.9 Å². The summed E-state index contributed by atoms with van der Waals surface area (Å²) in [7, 11) is 1.67. The van der Waals surface area contributed by atoms with E-state index in [2.05, 4.69) is 31.3 Å². The average molecular weight is 259 g/mol. The van der Waals surface area contributed by atoms with Crippen LogP contribution in [0.4, 0.5) is 0 Å². The second-order valence-electron chi connectivity index (χ2n) is 5.94. The van der Waals surface area contributed by atoms with Crippen LogP contribution in [0, 0.1) is 5.92 Å². The Morgan fingerprint density at radius 1 is 1.37 bits per heavy atom. The Hall–Kier alpha value is -1.48. The molecule has 19 heavy (non-hydrogen) atoms.